The molecular formula is C16H26N2O. The van der Waals surface area contributed by atoms with Crippen molar-refractivity contribution >= 4 is 0 Å². The molecule has 0 radical (unpaired) electrons. The molecule has 2 rings (SSSR count). The molecule has 1 aromatic carbocycles. The molecule has 0 amide bonds. The fourth-order valence-electron chi connectivity index (χ4n) is 3.00. The number of fused-ring (bicyclic) bond motifs is 1. The van der Waals surface area contributed by atoms with Gasteiger partial charge in [-0.05, 0) is 63.2 Å². The summed E-state index contributed by atoms with van der Waals surface area (Å²) in [5.41, 5.74) is 2.75. The van der Waals surface area contributed by atoms with E-state index in [0.29, 0.717) is 11.8 Å². The predicted molar refractivity (Wildman–Crippen MR) is 79.6 cm³/mol. The van der Waals surface area contributed by atoms with Crippen molar-refractivity contribution in [2.24, 2.45) is 0 Å². The topological polar surface area (TPSA) is 26.7 Å². The second-order valence-corrected chi connectivity index (χ2v) is 5.78. The van der Waals surface area contributed by atoms with Crippen molar-refractivity contribution < 1.29 is 5.11 Å². The second kappa shape index (κ2) is 6.40. The van der Waals surface area contributed by atoms with E-state index in [2.05, 4.69) is 36.9 Å². The fraction of sp³-hybridized carbons (Fsp3) is 0.625. The van der Waals surface area contributed by atoms with Gasteiger partial charge in [0.2, 0.25) is 0 Å². The number of aryl methyl sites for hydroxylation is 1. The lowest BCUT2D eigenvalue weighted by atomic mass is 10.1. The molecule has 0 aromatic heterocycles. The molecule has 1 aromatic rings. The fourth-order valence-corrected chi connectivity index (χ4v) is 3.00. The van der Waals surface area contributed by atoms with E-state index < -0.39 is 0 Å². The van der Waals surface area contributed by atoms with Gasteiger partial charge in [0.05, 0.1) is 0 Å². The molecule has 1 atom stereocenters. The van der Waals surface area contributed by atoms with Crippen molar-refractivity contribution in [2.45, 2.75) is 32.2 Å². The van der Waals surface area contributed by atoms with Crippen LogP contribution in [0.15, 0.2) is 18.2 Å². The molecule has 1 unspecified atom stereocenters. The maximum absolute atomic E-state index is 9.58. The average molecular weight is 262 g/mol. The summed E-state index contributed by atoms with van der Waals surface area (Å²) in [7, 11) is 4.26. The van der Waals surface area contributed by atoms with Gasteiger partial charge >= 0.3 is 0 Å². The number of hydrogen-bond acceptors (Lipinski definition) is 3. The second-order valence-electron chi connectivity index (χ2n) is 5.78. The normalized spacial score (nSPS) is 18.3. The summed E-state index contributed by atoms with van der Waals surface area (Å²) in [5, 5.41) is 9.58. The van der Waals surface area contributed by atoms with E-state index in [4.69, 9.17) is 0 Å². The van der Waals surface area contributed by atoms with Crippen molar-refractivity contribution in [3.05, 3.63) is 29.3 Å². The molecule has 1 aliphatic carbocycles. The lowest BCUT2D eigenvalue weighted by molar-refractivity contribution is 0.178. The Labute approximate surface area is 116 Å². The van der Waals surface area contributed by atoms with Crippen LogP contribution in [-0.2, 0) is 6.42 Å². The van der Waals surface area contributed by atoms with Crippen LogP contribution in [0.3, 0.4) is 0 Å². The largest absolute Gasteiger partial charge is 0.508 e. The number of phenolic OH excluding ortho intramolecular Hbond substituents is 1. The zero-order valence-corrected chi connectivity index (χ0v) is 12.4. The molecule has 3 nitrogen and oxygen atoms in total. The smallest absolute Gasteiger partial charge is 0.115 e. The third-order valence-electron chi connectivity index (χ3n) is 3.96. The number of aromatic hydroxyl groups is 1. The van der Waals surface area contributed by atoms with E-state index in [1.165, 1.54) is 24.0 Å². The Morgan fingerprint density at radius 3 is 2.68 bits per heavy atom. The molecule has 1 aliphatic rings. The van der Waals surface area contributed by atoms with Gasteiger partial charge in [0.1, 0.15) is 5.75 Å². The van der Waals surface area contributed by atoms with Gasteiger partial charge in [-0.1, -0.05) is 13.0 Å². The lowest BCUT2D eigenvalue weighted by Gasteiger charge is -2.30. The first-order valence-corrected chi connectivity index (χ1v) is 7.32. The summed E-state index contributed by atoms with van der Waals surface area (Å²) in [6.07, 6.45) is 3.47. The van der Waals surface area contributed by atoms with Crippen LogP contribution in [0, 0.1) is 0 Å². The van der Waals surface area contributed by atoms with Gasteiger partial charge in [-0.25, -0.2) is 0 Å². The van der Waals surface area contributed by atoms with Gasteiger partial charge in [-0.3, -0.25) is 4.90 Å². The average Bonchev–Trinajstić information content (AvgIpc) is 2.77. The third-order valence-corrected chi connectivity index (χ3v) is 3.96. The highest BCUT2D eigenvalue weighted by molar-refractivity contribution is 5.40. The van der Waals surface area contributed by atoms with Crippen LogP contribution in [0.25, 0.3) is 0 Å². The Morgan fingerprint density at radius 2 is 2.00 bits per heavy atom. The first kappa shape index (κ1) is 14.4. The van der Waals surface area contributed by atoms with Crippen LogP contribution in [0.5, 0.6) is 5.75 Å². The molecule has 1 N–H and O–H groups in total. The molecule has 106 valence electrons. The molecule has 0 fully saturated rings. The Kier molecular flexibility index (Phi) is 4.83. The highest BCUT2D eigenvalue weighted by atomic mass is 16.3. The van der Waals surface area contributed by atoms with Gasteiger partial charge in [0.15, 0.2) is 0 Å². The number of rotatable bonds is 6. The molecule has 0 spiro atoms. The zero-order chi connectivity index (χ0) is 13.8. The van der Waals surface area contributed by atoms with Crippen LogP contribution in [0.1, 0.15) is 36.9 Å². The molecule has 0 saturated heterocycles. The monoisotopic (exact) mass is 262 g/mol. The quantitative estimate of drug-likeness (QED) is 0.854. The predicted octanol–water partition coefficient (Wildman–Crippen LogP) is 2.65. The van der Waals surface area contributed by atoms with Gasteiger partial charge in [-0.2, -0.15) is 0 Å². The molecule has 0 aliphatic heterocycles. The maximum atomic E-state index is 9.58. The van der Waals surface area contributed by atoms with Crippen LogP contribution in [0.2, 0.25) is 0 Å². The van der Waals surface area contributed by atoms with Crippen LogP contribution >= 0.6 is 0 Å². The molecular weight excluding hydrogens is 236 g/mol. The Balaban J connectivity index is 2.11. The molecule has 0 heterocycles. The summed E-state index contributed by atoms with van der Waals surface area (Å²) in [6.45, 7) is 5.61. The van der Waals surface area contributed by atoms with Crippen LogP contribution < -0.4 is 0 Å². The zero-order valence-electron chi connectivity index (χ0n) is 12.4. The van der Waals surface area contributed by atoms with Crippen LogP contribution in [-0.4, -0.2) is 48.6 Å². The minimum atomic E-state index is 0.398. The number of hydrogen-bond donors (Lipinski definition) is 1. The summed E-state index contributed by atoms with van der Waals surface area (Å²) in [4.78, 5) is 4.85. The first-order chi connectivity index (χ1) is 9.11. The summed E-state index contributed by atoms with van der Waals surface area (Å²) in [5.74, 6) is 0.398. The number of nitrogens with zero attached hydrogens (tertiary/aromatic N) is 2. The molecule has 0 saturated carbocycles. The van der Waals surface area contributed by atoms with Gasteiger partial charge in [0, 0.05) is 19.1 Å². The number of benzene rings is 1. The van der Waals surface area contributed by atoms with Crippen molar-refractivity contribution in [2.75, 3.05) is 33.7 Å². The van der Waals surface area contributed by atoms with E-state index in [1.807, 2.05) is 12.1 Å². The Morgan fingerprint density at radius 1 is 1.21 bits per heavy atom. The van der Waals surface area contributed by atoms with E-state index in [1.54, 1.807) is 0 Å². The minimum absolute atomic E-state index is 0.398. The van der Waals surface area contributed by atoms with Crippen molar-refractivity contribution in [3.63, 3.8) is 0 Å². The van der Waals surface area contributed by atoms with Crippen molar-refractivity contribution in [1.82, 2.24) is 9.80 Å². The van der Waals surface area contributed by atoms with Gasteiger partial charge < -0.3 is 10.0 Å². The summed E-state index contributed by atoms with van der Waals surface area (Å²) >= 11 is 0. The standard InChI is InChI=1S/C16H26N2O/c1-4-9-18(11-10-17(2)3)16-8-5-13-12-14(19)6-7-15(13)16/h6-7,12,16,19H,4-5,8-11H2,1-3H3. The summed E-state index contributed by atoms with van der Waals surface area (Å²) < 4.78 is 0. The number of phenols is 1. The third kappa shape index (κ3) is 3.48. The lowest BCUT2D eigenvalue weighted by Crippen LogP contribution is -2.34. The van der Waals surface area contributed by atoms with Gasteiger partial charge in [0.25, 0.3) is 0 Å². The van der Waals surface area contributed by atoms with Crippen molar-refractivity contribution in [3.8, 4) is 5.75 Å². The summed E-state index contributed by atoms with van der Waals surface area (Å²) in [6, 6.07) is 6.41. The highest BCUT2D eigenvalue weighted by Crippen LogP contribution is 2.37. The van der Waals surface area contributed by atoms with E-state index in [-0.39, 0.29) is 0 Å². The van der Waals surface area contributed by atoms with E-state index >= 15 is 0 Å². The van der Waals surface area contributed by atoms with E-state index in [9.17, 15) is 5.11 Å². The molecule has 19 heavy (non-hydrogen) atoms. The SMILES string of the molecule is CCCN(CCN(C)C)C1CCc2cc(O)ccc21. The Hall–Kier alpha value is -1.06. The molecule has 3 heteroatoms. The Bertz CT molecular complexity index is 417. The molecule has 0 bridgehead atoms. The maximum Gasteiger partial charge on any atom is 0.115 e. The number of likely N-dealkylation sites (N-methyl/N-ethyl adjacent to an activating group) is 1. The van der Waals surface area contributed by atoms with Crippen molar-refractivity contribution in [1.29, 1.82) is 0 Å². The minimum Gasteiger partial charge on any atom is -0.508 e. The van der Waals surface area contributed by atoms with Crippen LogP contribution in [0.4, 0.5) is 0 Å². The van der Waals surface area contributed by atoms with E-state index in [0.717, 1.165) is 26.1 Å². The van der Waals surface area contributed by atoms with Gasteiger partial charge in [-0.15, -0.1) is 0 Å². The highest BCUT2D eigenvalue weighted by Gasteiger charge is 2.27. The first-order valence-electron chi connectivity index (χ1n) is 7.32.